The van der Waals surface area contributed by atoms with E-state index in [4.69, 9.17) is 9.84 Å². The highest BCUT2D eigenvalue weighted by Crippen LogP contribution is 2.06. The van der Waals surface area contributed by atoms with Crippen LogP contribution in [0, 0.1) is 13.8 Å². The Kier molecular flexibility index (Phi) is 13.1. The van der Waals surface area contributed by atoms with Gasteiger partial charge in [0.1, 0.15) is 12.4 Å². The summed E-state index contributed by atoms with van der Waals surface area (Å²) in [5.74, 6) is -2.36. The standard InChI is InChI=1S/C14H17NO5.C8H8O.C2H6/c1-8-4-6-10(7-5-8)13(17)15-11(14(18)19)12(20-3)9(2)16;1-7-2-4-8(6-9)5-3-7;1-2/h4-7,11-12H,1-3H3,(H,15,17)(H,18,19);2-6H,1H3;1-2H3. The van der Waals surface area contributed by atoms with Crippen molar-refractivity contribution < 1.29 is 29.0 Å². The van der Waals surface area contributed by atoms with E-state index in [0.717, 1.165) is 17.4 Å². The fourth-order valence-electron chi connectivity index (χ4n) is 2.38. The molecule has 7 heteroatoms. The van der Waals surface area contributed by atoms with Crippen LogP contribution in [0.15, 0.2) is 48.5 Å². The zero-order chi connectivity index (χ0) is 24.0. The van der Waals surface area contributed by atoms with Crippen molar-refractivity contribution >= 4 is 23.9 Å². The molecule has 2 N–H and O–H groups in total. The number of aliphatic carboxylic acids is 1. The number of carbonyl (C=O) groups is 4. The van der Waals surface area contributed by atoms with E-state index < -0.39 is 29.8 Å². The number of hydrogen-bond donors (Lipinski definition) is 2. The second-order valence-corrected chi connectivity index (χ2v) is 6.45. The molecule has 2 aromatic carbocycles. The van der Waals surface area contributed by atoms with E-state index in [1.54, 1.807) is 24.3 Å². The van der Waals surface area contributed by atoms with E-state index in [1.807, 2.05) is 52.0 Å². The fourth-order valence-corrected chi connectivity index (χ4v) is 2.38. The van der Waals surface area contributed by atoms with Crippen molar-refractivity contribution in [3.63, 3.8) is 0 Å². The van der Waals surface area contributed by atoms with Gasteiger partial charge in [0.2, 0.25) is 0 Å². The lowest BCUT2D eigenvalue weighted by Gasteiger charge is -2.21. The number of benzene rings is 2. The maximum atomic E-state index is 12.0. The summed E-state index contributed by atoms with van der Waals surface area (Å²) in [6.07, 6.45) is -0.374. The number of ether oxygens (including phenoxy) is 1. The van der Waals surface area contributed by atoms with E-state index in [-0.39, 0.29) is 0 Å². The molecule has 0 aliphatic heterocycles. The fraction of sp³-hybridized carbons (Fsp3) is 0.333. The zero-order valence-electron chi connectivity index (χ0n) is 18.8. The molecule has 31 heavy (non-hydrogen) atoms. The van der Waals surface area contributed by atoms with Crippen LogP contribution >= 0.6 is 0 Å². The molecule has 0 radical (unpaired) electrons. The van der Waals surface area contributed by atoms with Crippen molar-refractivity contribution in [1.82, 2.24) is 5.32 Å². The van der Waals surface area contributed by atoms with E-state index >= 15 is 0 Å². The summed E-state index contributed by atoms with van der Waals surface area (Å²) in [4.78, 5) is 44.6. The molecule has 0 aliphatic rings. The van der Waals surface area contributed by atoms with Gasteiger partial charge < -0.3 is 15.2 Å². The highest BCUT2D eigenvalue weighted by molar-refractivity contribution is 5.98. The lowest BCUT2D eigenvalue weighted by atomic mass is 10.1. The predicted octanol–water partition coefficient (Wildman–Crippen LogP) is 3.62. The molecule has 0 aliphatic carbocycles. The minimum atomic E-state index is -1.42. The number of methoxy groups -OCH3 is 1. The predicted molar refractivity (Wildman–Crippen MR) is 119 cm³/mol. The smallest absolute Gasteiger partial charge is 0.329 e. The second-order valence-electron chi connectivity index (χ2n) is 6.45. The van der Waals surface area contributed by atoms with Crippen LogP contribution in [0.3, 0.4) is 0 Å². The molecular weight excluding hydrogens is 398 g/mol. The number of rotatable bonds is 7. The average Bonchev–Trinajstić information content (AvgIpc) is 2.76. The Morgan fingerprint density at radius 2 is 1.39 bits per heavy atom. The molecule has 1 amide bonds. The maximum absolute atomic E-state index is 12.0. The Labute approximate surface area is 183 Å². The van der Waals surface area contributed by atoms with E-state index in [2.05, 4.69) is 5.32 Å². The quantitative estimate of drug-likeness (QED) is 0.651. The number of carbonyl (C=O) groups excluding carboxylic acids is 3. The first-order chi connectivity index (χ1) is 14.7. The molecule has 0 saturated heterocycles. The van der Waals surface area contributed by atoms with Gasteiger partial charge in [-0.25, -0.2) is 4.79 Å². The Bertz CT molecular complexity index is 843. The second kappa shape index (κ2) is 14.6. The molecular formula is C24H31NO6. The van der Waals surface area contributed by atoms with Crippen LogP contribution in [0.5, 0.6) is 0 Å². The number of hydrogen-bond acceptors (Lipinski definition) is 5. The monoisotopic (exact) mass is 429 g/mol. The zero-order valence-corrected chi connectivity index (χ0v) is 18.8. The Balaban J connectivity index is 0.000000679. The number of aryl methyl sites for hydroxylation is 2. The van der Waals surface area contributed by atoms with E-state index in [0.29, 0.717) is 5.56 Å². The third-order valence-electron chi connectivity index (χ3n) is 4.04. The van der Waals surface area contributed by atoms with Crippen molar-refractivity contribution in [2.45, 2.75) is 46.8 Å². The van der Waals surface area contributed by atoms with Gasteiger partial charge in [-0.3, -0.25) is 14.4 Å². The van der Waals surface area contributed by atoms with Gasteiger partial charge in [0.25, 0.3) is 5.91 Å². The third kappa shape index (κ3) is 9.82. The SMILES string of the molecule is CC.COC(C(C)=O)C(NC(=O)c1ccc(C)cc1)C(=O)O.Cc1ccc(C=O)cc1. The lowest BCUT2D eigenvalue weighted by molar-refractivity contribution is -0.147. The van der Waals surface area contributed by atoms with Gasteiger partial charge in [-0.15, -0.1) is 0 Å². The molecule has 0 fully saturated rings. The number of amides is 1. The summed E-state index contributed by atoms with van der Waals surface area (Å²) in [5.41, 5.74) is 3.22. The first kappa shape index (κ1) is 27.7. The summed E-state index contributed by atoms with van der Waals surface area (Å²) in [7, 11) is 1.22. The number of nitrogens with one attached hydrogen (secondary N) is 1. The van der Waals surface area contributed by atoms with Crippen molar-refractivity contribution in [3.05, 3.63) is 70.8 Å². The van der Waals surface area contributed by atoms with Gasteiger partial charge in [0, 0.05) is 18.2 Å². The normalized spacial score (nSPS) is 11.4. The molecule has 0 spiro atoms. The molecule has 0 heterocycles. The number of carboxylic acid groups (broad SMARTS) is 1. The van der Waals surface area contributed by atoms with Gasteiger partial charge in [-0.05, 0) is 32.9 Å². The molecule has 2 aromatic rings. The number of carboxylic acids is 1. The van der Waals surface area contributed by atoms with Crippen LogP contribution in [0.1, 0.15) is 52.6 Å². The first-order valence-corrected chi connectivity index (χ1v) is 9.85. The number of ketones is 1. The molecule has 0 saturated carbocycles. The van der Waals surface area contributed by atoms with Crippen LogP contribution < -0.4 is 5.32 Å². The van der Waals surface area contributed by atoms with Gasteiger partial charge in [0.15, 0.2) is 11.8 Å². The van der Waals surface area contributed by atoms with Crippen molar-refractivity contribution in [2.24, 2.45) is 0 Å². The molecule has 2 unspecified atom stereocenters. The molecule has 0 bridgehead atoms. The van der Waals surface area contributed by atoms with Crippen molar-refractivity contribution in [2.75, 3.05) is 7.11 Å². The summed E-state index contributed by atoms with van der Waals surface area (Å²) < 4.78 is 4.85. The number of aldehydes is 1. The molecule has 168 valence electrons. The maximum Gasteiger partial charge on any atom is 0.329 e. The van der Waals surface area contributed by atoms with Gasteiger partial charge >= 0.3 is 5.97 Å². The largest absolute Gasteiger partial charge is 0.480 e. The number of Topliss-reactive ketones (excluding diaryl/α,β-unsaturated/α-hetero) is 1. The highest BCUT2D eigenvalue weighted by Gasteiger charge is 2.33. The Morgan fingerprint density at radius 3 is 1.74 bits per heavy atom. The lowest BCUT2D eigenvalue weighted by Crippen LogP contribution is -2.52. The molecule has 2 atom stereocenters. The minimum Gasteiger partial charge on any atom is -0.480 e. The topological polar surface area (TPSA) is 110 Å². The van der Waals surface area contributed by atoms with Crippen LogP contribution in [0.4, 0.5) is 0 Å². The summed E-state index contributed by atoms with van der Waals surface area (Å²) in [6.45, 7) is 9.08. The van der Waals surface area contributed by atoms with Crippen LogP contribution in [0.2, 0.25) is 0 Å². The highest BCUT2D eigenvalue weighted by atomic mass is 16.5. The Morgan fingerprint density at radius 1 is 0.935 bits per heavy atom. The van der Waals surface area contributed by atoms with Crippen molar-refractivity contribution in [1.29, 1.82) is 0 Å². The van der Waals surface area contributed by atoms with Crippen LogP contribution in [-0.4, -0.2) is 48.3 Å². The summed E-state index contributed by atoms with van der Waals surface area (Å²) in [6, 6.07) is 12.7. The van der Waals surface area contributed by atoms with Crippen LogP contribution in [-0.2, 0) is 14.3 Å². The summed E-state index contributed by atoms with van der Waals surface area (Å²) in [5, 5.41) is 11.4. The Hall–Kier alpha value is -3.32. The summed E-state index contributed by atoms with van der Waals surface area (Å²) >= 11 is 0. The first-order valence-electron chi connectivity index (χ1n) is 9.85. The molecule has 2 rings (SSSR count). The van der Waals surface area contributed by atoms with E-state index in [1.165, 1.54) is 19.6 Å². The van der Waals surface area contributed by atoms with Crippen LogP contribution in [0.25, 0.3) is 0 Å². The molecule has 0 aromatic heterocycles. The van der Waals surface area contributed by atoms with Gasteiger partial charge in [0.05, 0.1) is 0 Å². The molecule has 7 nitrogen and oxygen atoms in total. The average molecular weight is 430 g/mol. The van der Waals surface area contributed by atoms with Gasteiger partial charge in [-0.2, -0.15) is 0 Å². The van der Waals surface area contributed by atoms with E-state index in [9.17, 15) is 19.2 Å². The third-order valence-corrected chi connectivity index (χ3v) is 4.04. The van der Waals surface area contributed by atoms with Crippen molar-refractivity contribution in [3.8, 4) is 0 Å². The minimum absolute atomic E-state index is 0.320. The van der Waals surface area contributed by atoms with Gasteiger partial charge in [-0.1, -0.05) is 61.4 Å².